The second-order valence-corrected chi connectivity index (χ2v) is 6.98. The van der Waals surface area contributed by atoms with Crippen LogP contribution >= 0.6 is 11.6 Å². The average molecular weight is 426 g/mol. The van der Waals surface area contributed by atoms with Gasteiger partial charge in [-0.2, -0.15) is 0 Å². The summed E-state index contributed by atoms with van der Waals surface area (Å²) in [5, 5.41) is 11.8. The number of benzene rings is 2. The number of rotatable bonds is 8. The Labute approximate surface area is 178 Å². The Morgan fingerprint density at radius 1 is 1.03 bits per heavy atom. The van der Waals surface area contributed by atoms with Crippen LogP contribution in [0.1, 0.15) is 35.4 Å². The van der Waals surface area contributed by atoms with Crippen LogP contribution in [0.3, 0.4) is 0 Å². The van der Waals surface area contributed by atoms with E-state index in [0.29, 0.717) is 10.6 Å². The summed E-state index contributed by atoms with van der Waals surface area (Å²) in [6.45, 7) is 1.94. The van der Waals surface area contributed by atoms with Crippen molar-refractivity contribution in [1.29, 1.82) is 0 Å². The minimum atomic E-state index is -0.958. The number of hydrogen-bond donors (Lipinski definition) is 2. The van der Waals surface area contributed by atoms with Crippen LogP contribution in [0.25, 0.3) is 11.1 Å². The molecule has 0 radical (unpaired) electrons. The quantitative estimate of drug-likeness (QED) is 0.562. The highest BCUT2D eigenvalue weighted by molar-refractivity contribution is 6.30. The van der Waals surface area contributed by atoms with E-state index in [4.69, 9.17) is 21.4 Å². The largest absolute Gasteiger partial charge is 0.481 e. The van der Waals surface area contributed by atoms with Gasteiger partial charge in [0.15, 0.2) is 0 Å². The van der Waals surface area contributed by atoms with Gasteiger partial charge in [0, 0.05) is 35.1 Å². The van der Waals surface area contributed by atoms with Crippen LogP contribution in [-0.2, 0) is 4.79 Å². The van der Waals surface area contributed by atoms with Gasteiger partial charge < -0.3 is 15.2 Å². The molecule has 154 valence electrons. The van der Waals surface area contributed by atoms with Gasteiger partial charge in [-0.1, -0.05) is 35.9 Å². The number of ether oxygens (including phenoxy) is 1. The van der Waals surface area contributed by atoms with Gasteiger partial charge in [0.25, 0.3) is 5.91 Å². The van der Waals surface area contributed by atoms with Crippen LogP contribution in [0.5, 0.6) is 6.01 Å². The van der Waals surface area contributed by atoms with Crippen LogP contribution in [-0.4, -0.2) is 33.5 Å². The Morgan fingerprint density at radius 2 is 1.67 bits per heavy atom. The van der Waals surface area contributed by atoms with Crippen molar-refractivity contribution >= 4 is 23.5 Å². The number of amides is 1. The molecule has 1 amide bonds. The number of carbonyl (C=O) groups excluding carboxylic acids is 1. The number of aromatic nitrogens is 2. The molecule has 0 aliphatic rings. The lowest BCUT2D eigenvalue weighted by atomic mass is 10.1. The Hall–Kier alpha value is -3.45. The van der Waals surface area contributed by atoms with E-state index in [2.05, 4.69) is 15.3 Å². The monoisotopic (exact) mass is 425 g/mol. The summed E-state index contributed by atoms with van der Waals surface area (Å²) in [5.74, 6) is -1.28. The highest BCUT2D eigenvalue weighted by atomic mass is 35.5. The van der Waals surface area contributed by atoms with Gasteiger partial charge >= 0.3 is 12.0 Å². The molecule has 0 aliphatic carbocycles. The van der Waals surface area contributed by atoms with E-state index in [1.165, 1.54) is 0 Å². The average Bonchev–Trinajstić information content (AvgIpc) is 2.74. The van der Waals surface area contributed by atoms with E-state index in [-0.39, 0.29) is 31.0 Å². The maximum Gasteiger partial charge on any atom is 0.316 e. The molecule has 1 atom stereocenters. The Kier molecular flexibility index (Phi) is 6.98. The number of carbonyl (C=O) groups is 2. The van der Waals surface area contributed by atoms with Crippen molar-refractivity contribution in [1.82, 2.24) is 15.3 Å². The SMILES string of the molecule is CC(Oc1ncc(-c2ccc(Cl)cc2)cn1)c1ccc(C(=O)NCCC(=O)O)cc1. The van der Waals surface area contributed by atoms with Crippen molar-refractivity contribution in [3.8, 4) is 17.1 Å². The van der Waals surface area contributed by atoms with Gasteiger partial charge in [0.05, 0.1) is 6.42 Å². The molecule has 0 saturated carbocycles. The van der Waals surface area contributed by atoms with Gasteiger partial charge in [-0.3, -0.25) is 9.59 Å². The summed E-state index contributed by atoms with van der Waals surface area (Å²) in [4.78, 5) is 31.0. The van der Waals surface area contributed by atoms with Crippen molar-refractivity contribution < 1.29 is 19.4 Å². The molecule has 0 bridgehead atoms. The molecule has 3 rings (SSSR count). The van der Waals surface area contributed by atoms with Crippen molar-refractivity contribution in [2.75, 3.05) is 6.54 Å². The summed E-state index contributed by atoms with van der Waals surface area (Å²) in [7, 11) is 0. The lowest BCUT2D eigenvalue weighted by Crippen LogP contribution is -2.25. The highest BCUT2D eigenvalue weighted by Gasteiger charge is 2.12. The molecule has 3 aromatic rings. The number of nitrogens with zero attached hydrogens (tertiary/aromatic N) is 2. The zero-order valence-electron chi connectivity index (χ0n) is 16.2. The van der Waals surface area contributed by atoms with Gasteiger partial charge in [0.1, 0.15) is 6.10 Å². The Morgan fingerprint density at radius 3 is 2.27 bits per heavy atom. The first-order valence-corrected chi connectivity index (χ1v) is 9.65. The molecule has 0 saturated heterocycles. The third-order valence-electron chi connectivity index (χ3n) is 4.35. The lowest BCUT2D eigenvalue weighted by Gasteiger charge is -2.14. The van der Waals surface area contributed by atoms with Gasteiger partial charge in [-0.25, -0.2) is 9.97 Å². The van der Waals surface area contributed by atoms with E-state index in [9.17, 15) is 9.59 Å². The summed E-state index contributed by atoms with van der Waals surface area (Å²) in [6, 6.07) is 14.5. The van der Waals surface area contributed by atoms with E-state index < -0.39 is 5.97 Å². The minimum absolute atomic E-state index is 0.0821. The number of carboxylic acid groups (broad SMARTS) is 1. The predicted molar refractivity (Wildman–Crippen MR) is 113 cm³/mol. The Balaban J connectivity index is 1.59. The smallest absolute Gasteiger partial charge is 0.316 e. The molecule has 0 aliphatic heterocycles. The van der Waals surface area contributed by atoms with E-state index in [1.807, 2.05) is 19.1 Å². The predicted octanol–water partition coefficient (Wildman–Crippen LogP) is 4.14. The summed E-state index contributed by atoms with van der Waals surface area (Å²) >= 11 is 5.91. The zero-order chi connectivity index (χ0) is 21.5. The first-order valence-electron chi connectivity index (χ1n) is 9.27. The van der Waals surface area contributed by atoms with Crippen molar-refractivity contribution in [2.24, 2.45) is 0 Å². The van der Waals surface area contributed by atoms with Crippen LogP contribution in [0, 0.1) is 0 Å². The Bertz CT molecular complexity index is 1010. The lowest BCUT2D eigenvalue weighted by molar-refractivity contribution is -0.136. The van der Waals surface area contributed by atoms with Crippen molar-refractivity contribution in [3.05, 3.63) is 77.1 Å². The van der Waals surface area contributed by atoms with E-state index >= 15 is 0 Å². The topological polar surface area (TPSA) is 101 Å². The van der Waals surface area contributed by atoms with Crippen LogP contribution in [0.4, 0.5) is 0 Å². The summed E-state index contributed by atoms with van der Waals surface area (Å²) < 4.78 is 5.79. The van der Waals surface area contributed by atoms with Crippen molar-refractivity contribution in [2.45, 2.75) is 19.4 Å². The number of carboxylic acids is 1. The van der Waals surface area contributed by atoms with Gasteiger partial charge in [-0.05, 0) is 42.3 Å². The first kappa shape index (κ1) is 21.3. The second-order valence-electron chi connectivity index (χ2n) is 6.54. The third kappa shape index (κ3) is 5.78. The van der Waals surface area contributed by atoms with Crippen LogP contribution in [0.15, 0.2) is 60.9 Å². The number of hydrogen-bond acceptors (Lipinski definition) is 5. The standard InChI is InChI=1S/C22H20ClN3O4/c1-14(15-2-4-17(5-3-15)21(29)24-11-10-20(27)28)30-22-25-12-18(13-26-22)16-6-8-19(23)9-7-16/h2-9,12-14H,10-11H2,1H3,(H,24,29)(H,27,28). The fourth-order valence-corrected chi connectivity index (χ4v) is 2.81. The molecule has 0 spiro atoms. The molecule has 2 N–H and O–H groups in total. The number of nitrogens with one attached hydrogen (secondary N) is 1. The summed E-state index contributed by atoms with van der Waals surface area (Å²) in [6.07, 6.45) is 2.92. The molecular formula is C22H20ClN3O4. The van der Waals surface area contributed by atoms with E-state index in [1.54, 1.807) is 48.8 Å². The van der Waals surface area contributed by atoms with Crippen LogP contribution in [0.2, 0.25) is 5.02 Å². The third-order valence-corrected chi connectivity index (χ3v) is 4.61. The maximum atomic E-state index is 12.0. The molecule has 30 heavy (non-hydrogen) atoms. The molecule has 2 aromatic carbocycles. The van der Waals surface area contributed by atoms with Crippen molar-refractivity contribution in [3.63, 3.8) is 0 Å². The molecule has 7 nitrogen and oxygen atoms in total. The van der Waals surface area contributed by atoms with Gasteiger partial charge in [0.2, 0.25) is 0 Å². The van der Waals surface area contributed by atoms with Gasteiger partial charge in [-0.15, -0.1) is 0 Å². The number of halogens is 1. The highest BCUT2D eigenvalue weighted by Crippen LogP contribution is 2.23. The van der Waals surface area contributed by atoms with Crippen LogP contribution < -0.4 is 10.1 Å². The number of aliphatic carboxylic acids is 1. The molecular weight excluding hydrogens is 406 g/mol. The first-order chi connectivity index (χ1) is 14.4. The minimum Gasteiger partial charge on any atom is -0.481 e. The summed E-state index contributed by atoms with van der Waals surface area (Å²) in [5.41, 5.74) is 3.10. The maximum absolute atomic E-state index is 12.0. The zero-order valence-corrected chi connectivity index (χ0v) is 17.0. The second kappa shape index (κ2) is 9.84. The fraction of sp³-hybridized carbons (Fsp3) is 0.182. The molecule has 8 heteroatoms. The molecule has 1 unspecified atom stereocenters. The fourth-order valence-electron chi connectivity index (χ4n) is 2.69. The normalized spacial score (nSPS) is 11.5. The molecule has 1 heterocycles. The van der Waals surface area contributed by atoms with E-state index in [0.717, 1.165) is 16.7 Å². The molecule has 0 fully saturated rings. The molecule has 1 aromatic heterocycles.